The molecule has 0 spiro atoms. The molecule has 0 saturated heterocycles. The van der Waals surface area contributed by atoms with E-state index in [-0.39, 0.29) is 24.5 Å². The number of carbonyl (C=O) groups is 1. The van der Waals surface area contributed by atoms with E-state index in [2.05, 4.69) is 10.6 Å². The van der Waals surface area contributed by atoms with Crippen LogP contribution in [-0.4, -0.2) is 29.9 Å². The highest BCUT2D eigenvalue weighted by Crippen LogP contribution is 2.28. The van der Waals surface area contributed by atoms with Gasteiger partial charge >= 0.3 is 6.03 Å². The Morgan fingerprint density at radius 2 is 2.29 bits per heavy atom. The lowest BCUT2D eigenvalue weighted by Gasteiger charge is -2.26. The largest absolute Gasteiger partial charge is 0.487 e. The van der Waals surface area contributed by atoms with Crippen LogP contribution in [0.15, 0.2) is 18.2 Å². The number of amides is 2. The standard InChI is InChI=1S/C15H21FN2O3/c1-2-10(9-19)17-15(20)18-11-6-7-14(13(16)8-11)21-12-4-3-5-12/h6-8,10,12,19H,2-5,9H2,1H3,(H2,17,18,20). The molecule has 1 unspecified atom stereocenters. The molecule has 6 heteroatoms. The van der Waals surface area contributed by atoms with Gasteiger partial charge in [-0.25, -0.2) is 9.18 Å². The molecule has 0 heterocycles. The van der Waals surface area contributed by atoms with Gasteiger partial charge in [-0.1, -0.05) is 6.92 Å². The molecule has 1 saturated carbocycles. The van der Waals surface area contributed by atoms with Crippen molar-refractivity contribution in [3.05, 3.63) is 24.0 Å². The SMILES string of the molecule is CCC(CO)NC(=O)Nc1ccc(OC2CCC2)c(F)c1. The van der Waals surface area contributed by atoms with E-state index in [9.17, 15) is 9.18 Å². The summed E-state index contributed by atoms with van der Waals surface area (Å²) in [6.45, 7) is 1.72. The second-order valence-electron chi connectivity index (χ2n) is 5.20. The number of nitrogens with one attached hydrogen (secondary N) is 2. The van der Waals surface area contributed by atoms with Gasteiger partial charge in [-0.2, -0.15) is 0 Å². The summed E-state index contributed by atoms with van der Waals surface area (Å²) in [5, 5.41) is 14.1. The summed E-state index contributed by atoms with van der Waals surface area (Å²) in [4.78, 5) is 11.7. The molecule has 116 valence electrons. The van der Waals surface area contributed by atoms with Crippen molar-refractivity contribution in [3.63, 3.8) is 0 Å². The highest BCUT2D eigenvalue weighted by atomic mass is 19.1. The molecule has 2 rings (SSSR count). The molecule has 1 aromatic carbocycles. The van der Waals surface area contributed by atoms with Crippen LogP contribution in [0, 0.1) is 5.82 Å². The maximum atomic E-state index is 13.9. The zero-order chi connectivity index (χ0) is 15.2. The lowest BCUT2D eigenvalue weighted by molar-refractivity contribution is 0.115. The van der Waals surface area contributed by atoms with Crippen molar-refractivity contribution in [1.82, 2.24) is 5.32 Å². The van der Waals surface area contributed by atoms with Crippen molar-refractivity contribution in [2.24, 2.45) is 0 Å². The normalized spacial score (nSPS) is 16.0. The molecule has 1 fully saturated rings. The smallest absolute Gasteiger partial charge is 0.319 e. The molecule has 0 aromatic heterocycles. The number of halogens is 1. The van der Waals surface area contributed by atoms with Crippen molar-refractivity contribution in [1.29, 1.82) is 0 Å². The number of aliphatic hydroxyl groups is 1. The van der Waals surface area contributed by atoms with E-state index in [1.807, 2.05) is 6.92 Å². The van der Waals surface area contributed by atoms with Crippen molar-refractivity contribution >= 4 is 11.7 Å². The third kappa shape index (κ3) is 4.32. The Morgan fingerprint density at radius 1 is 1.52 bits per heavy atom. The van der Waals surface area contributed by atoms with Crippen molar-refractivity contribution in [2.75, 3.05) is 11.9 Å². The average molecular weight is 296 g/mol. The second kappa shape index (κ2) is 7.26. The lowest BCUT2D eigenvalue weighted by atomic mass is 9.96. The Morgan fingerprint density at radius 3 is 2.81 bits per heavy atom. The summed E-state index contributed by atoms with van der Waals surface area (Å²) in [6, 6.07) is 3.57. The second-order valence-corrected chi connectivity index (χ2v) is 5.20. The first-order chi connectivity index (χ1) is 10.1. The van der Waals surface area contributed by atoms with Crippen molar-refractivity contribution in [2.45, 2.75) is 44.8 Å². The highest BCUT2D eigenvalue weighted by Gasteiger charge is 2.20. The molecule has 2 amide bonds. The minimum atomic E-state index is -0.492. The molecular formula is C15H21FN2O3. The number of anilines is 1. The van der Waals surface area contributed by atoms with E-state index in [4.69, 9.17) is 9.84 Å². The zero-order valence-electron chi connectivity index (χ0n) is 12.1. The Hall–Kier alpha value is -1.82. The van der Waals surface area contributed by atoms with Gasteiger partial charge < -0.3 is 20.5 Å². The van der Waals surface area contributed by atoms with Crippen LogP contribution in [0.4, 0.5) is 14.9 Å². The summed E-state index contributed by atoms with van der Waals surface area (Å²) in [5.74, 6) is -0.277. The van der Waals surface area contributed by atoms with Gasteiger partial charge in [0.05, 0.1) is 18.8 Å². The molecule has 5 nitrogen and oxygen atoms in total. The summed E-state index contributed by atoms with van der Waals surface area (Å²) in [7, 11) is 0. The number of urea groups is 1. The van der Waals surface area contributed by atoms with E-state index in [1.54, 1.807) is 6.07 Å². The fourth-order valence-corrected chi connectivity index (χ4v) is 1.97. The first kappa shape index (κ1) is 15.6. The van der Waals surface area contributed by atoms with Gasteiger partial charge in [0.15, 0.2) is 11.6 Å². The minimum Gasteiger partial charge on any atom is -0.487 e. The Labute approximate surface area is 123 Å². The number of hydrogen-bond donors (Lipinski definition) is 3. The zero-order valence-corrected chi connectivity index (χ0v) is 12.1. The molecular weight excluding hydrogens is 275 g/mol. The van der Waals surface area contributed by atoms with E-state index in [0.717, 1.165) is 19.3 Å². The summed E-state index contributed by atoms with van der Waals surface area (Å²) in [5.41, 5.74) is 0.346. The summed E-state index contributed by atoms with van der Waals surface area (Å²) >= 11 is 0. The molecule has 0 aliphatic heterocycles. The Bertz CT molecular complexity index is 488. The number of ether oxygens (including phenoxy) is 1. The van der Waals surface area contributed by atoms with Crippen LogP contribution in [0.25, 0.3) is 0 Å². The molecule has 1 aliphatic carbocycles. The van der Waals surface area contributed by atoms with Gasteiger partial charge in [0.25, 0.3) is 0 Å². The first-order valence-electron chi connectivity index (χ1n) is 7.27. The number of aliphatic hydroxyl groups excluding tert-OH is 1. The number of benzene rings is 1. The molecule has 0 radical (unpaired) electrons. The fourth-order valence-electron chi connectivity index (χ4n) is 1.97. The highest BCUT2D eigenvalue weighted by molar-refractivity contribution is 5.89. The van der Waals surface area contributed by atoms with Crippen LogP contribution in [0.3, 0.4) is 0 Å². The van der Waals surface area contributed by atoms with Crippen LogP contribution in [0.1, 0.15) is 32.6 Å². The maximum absolute atomic E-state index is 13.9. The van der Waals surface area contributed by atoms with E-state index in [0.29, 0.717) is 12.1 Å². The number of hydrogen-bond acceptors (Lipinski definition) is 3. The van der Waals surface area contributed by atoms with Crippen LogP contribution in [0.5, 0.6) is 5.75 Å². The predicted octanol–water partition coefficient (Wildman–Crippen LogP) is 2.65. The van der Waals surface area contributed by atoms with Gasteiger partial charge in [-0.15, -0.1) is 0 Å². The van der Waals surface area contributed by atoms with Crippen molar-refractivity contribution in [3.8, 4) is 5.75 Å². The fraction of sp³-hybridized carbons (Fsp3) is 0.533. The maximum Gasteiger partial charge on any atom is 0.319 e. The molecule has 0 bridgehead atoms. The molecule has 1 aromatic rings. The quantitative estimate of drug-likeness (QED) is 0.756. The number of rotatable bonds is 6. The van der Waals surface area contributed by atoms with Gasteiger partial charge in [0.2, 0.25) is 0 Å². The third-order valence-corrected chi connectivity index (χ3v) is 3.58. The van der Waals surface area contributed by atoms with Gasteiger partial charge in [-0.05, 0) is 37.8 Å². The molecule has 3 N–H and O–H groups in total. The molecule has 1 atom stereocenters. The number of carbonyl (C=O) groups excluding carboxylic acids is 1. The Balaban J connectivity index is 1.91. The topological polar surface area (TPSA) is 70.6 Å². The Kier molecular flexibility index (Phi) is 5.38. The molecule has 1 aliphatic rings. The van der Waals surface area contributed by atoms with Gasteiger partial charge in [-0.3, -0.25) is 0 Å². The molecule has 21 heavy (non-hydrogen) atoms. The average Bonchev–Trinajstić information content (AvgIpc) is 2.42. The van der Waals surface area contributed by atoms with Crippen LogP contribution in [-0.2, 0) is 0 Å². The summed E-state index contributed by atoms with van der Waals surface area (Å²) < 4.78 is 19.4. The van der Waals surface area contributed by atoms with E-state index >= 15 is 0 Å². The monoisotopic (exact) mass is 296 g/mol. The van der Waals surface area contributed by atoms with Crippen molar-refractivity contribution < 1.29 is 19.0 Å². The summed E-state index contributed by atoms with van der Waals surface area (Å²) in [6.07, 6.45) is 3.77. The first-order valence-corrected chi connectivity index (χ1v) is 7.27. The van der Waals surface area contributed by atoms with Gasteiger partial charge in [0, 0.05) is 11.8 Å². The predicted molar refractivity (Wildman–Crippen MR) is 78.0 cm³/mol. The van der Waals surface area contributed by atoms with Crippen LogP contribution < -0.4 is 15.4 Å². The van der Waals surface area contributed by atoms with Crippen LogP contribution in [0.2, 0.25) is 0 Å². The van der Waals surface area contributed by atoms with E-state index < -0.39 is 11.8 Å². The van der Waals surface area contributed by atoms with Crippen LogP contribution >= 0.6 is 0 Å². The van der Waals surface area contributed by atoms with Gasteiger partial charge in [0.1, 0.15) is 0 Å². The third-order valence-electron chi connectivity index (χ3n) is 3.58. The minimum absolute atomic E-state index is 0.108. The lowest BCUT2D eigenvalue weighted by Crippen LogP contribution is -2.39. The van der Waals surface area contributed by atoms with E-state index in [1.165, 1.54) is 12.1 Å².